The number of nitrogens with zero attached hydrogens (tertiary/aromatic N) is 3. The maximum atomic E-state index is 6.68. The van der Waals surface area contributed by atoms with E-state index in [2.05, 4.69) is 89.2 Å². The van der Waals surface area contributed by atoms with E-state index in [4.69, 9.17) is 16.6 Å². The third kappa shape index (κ3) is 6.57. The van der Waals surface area contributed by atoms with Gasteiger partial charge in [-0.1, -0.05) is 123 Å². The Morgan fingerprint density at radius 2 is 1.47 bits per heavy atom. The molecule has 0 radical (unpaired) electrons. The molecular weight excluding hydrogens is 486 g/mol. The molecule has 4 heteroatoms. The van der Waals surface area contributed by atoms with Gasteiger partial charge in [0.1, 0.15) is 5.82 Å². The summed E-state index contributed by atoms with van der Waals surface area (Å²) in [7, 11) is 0. The lowest BCUT2D eigenvalue weighted by Gasteiger charge is -2.30. The summed E-state index contributed by atoms with van der Waals surface area (Å²) >= 11 is 6.68. The van der Waals surface area contributed by atoms with E-state index >= 15 is 0 Å². The largest absolute Gasteiger partial charge is 0.326 e. The van der Waals surface area contributed by atoms with E-state index in [0.29, 0.717) is 0 Å². The average Bonchev–Trinajstić information content (AvgIpc) is 3.32. The van der Waals surface area contributed by atoms with Crippen LogP contribution in [0.2, 0.25) is 5.02 Å². The van der Waals surface area contributed by atoms with Gasteiger partial charge in [0.05, 0.1) is 11.4 Å². The van der Waals surface area contributed by atoms with Crippen molar-refractivity contribution in [3.8, 4) is 22.6 Å². The SMILES string of the molecule is CCCCn1c(-c2ccccc2)nc(-c2ccccc2)c1CN(Cc1ccccc1Cl)CC1CCCCC1. The van der Waals surface area contributed by atoms with Gasteiger partial charge in [-0.25, -0.2) is 4.98 Å². The molecule has 0 aliphatic heterocycles. The molecule has 3 nitrogen and oxygen atoms in total. The standard InChI is InChI=1S/C34H40ClN3/c1-2-3-23-38-32(33(28-17-9-5-10-18-28)36-34(38)29-19-11-6-12-20-29)26-37(24-27-15-7-4-8-16-27)25-30-21-13-14-22-31(30)35/h5-6,9-14,17-22,27H,2-4,7-8,15-16,23-26H2,1H3. The predicted octanol–water partition coefficient (Wildman–Crippen LogP) is 9.25. The van der Waals surface area contributed by atoms with Gasteiger partial charge < -0.3 is 4.57 Å². The number of halogens is 1. The monoisotopic (exact) mass is 525 g/mol. The van der Waals surface area contributed by atoms with Crippen molar-refractivity contribution in [2.75, 3.05) is 6.54 Å². The van der Waals surface area contributed by atoms with Crippen LogP contribution in [0, 0.1) is 5.92 Å². The first kappa shape index (κ1) is 26.7. The van der Waals surface area contributed by atoms with Gasteiger partial charge in [-0.3, -0.25) is 4.90 Å². The van der Waals surface area contributed by atoms with Crippen LogP contribution in [0.25, 0.3) is 22.6 Å². The Kier molecular flexibility index (Phi) is 9.33. The lowest BCUT2D eigenvalue weighted by molar-refractivity contribution is 0.183. The molecule has 1 fully saturated rings. The number of benzene rings is 3. The normalized spacial score (nSPS) is 14.3. The molecule has 4 aromatic rings. The summed E-state index contributed by atoms with van der Waals surface area (Å²) in [5, 5.41) is 0.855. The van der Waals surface area contributed by atoms with E-state index < -0.39 is 0 Å². The third-order valence-corrected chi connectivity index (χ3v) is 8.22. The van der Waals surface area contributed by atoms with Crippen molar-refractivity contribution in [3.05, 3.63) is 101 Å². The molecule has 1 saturated carbocycles. The second kappa shape index (κ2) is 13.3. The first-order valence-corrected chi connectivity index (χ1v) is 14.8. The second-order valence-corrected chi connectivity index (χ2v) is 11.1. The van der Waals surface area contributed by atoms with Crippen molar-refractivity contribution >= 4 is 11.6 Å². The lowest BCUT2D eigenvalue weighted by atomic mass is 9.89. The number of rotatable bonds is 11. The topological polar surface area (TPSA) is 21.1 Å². The fourth-order valence-electron chi connectivity index (χ4n) is 5.84. The van der Waals surface area contributed by atoms with Crippen LogP contribution in [-0.4, -0.2) is 21.0 Å². The average molecular weight is 526 g/mol. The third-order valence-electron chi connectivity index (χ3n) is 7.85. The summed E-state index contributed by atoms with van der Waals surface area (Å²) in [4.78, 5) is 7.98. The van der Waals surface area contributed by atoms with Crippen molar-refractivity contribution < 1.29 is 0 Å². The summed E-state index contributed by atoms with van der Waals surface area (Å²) in [6.07, 6.45) is 9.02. The number of hydrogen-bond acceptors (Lipinski definition) is 2. The van der Waals surface area contributed by atoms with Crippen molar-refractivity contribution in [1.29, 1.82) is 0 Å². The van der Waals surface area contributed by atoms with Gasteiger partial charge in [0.25, 0.3) is 0 Å². The first-order chi connectivity index (χ1) is 18.7. The Morgan fingerprint density at radius 1 is 0.816 bits per heavy atom. The minimum Gasteiger partial charge on any atom is -0.326 e. The van der Waals surface area contributed by atoms with Gasteiger partial charge in [0, 0.05) is 42.3 Å². The van der Waals surface area contributed by atoms with E-state index in [1.54, 1.807) is 0 Å². The maximum absolute atomic E-state index is 6.68. The van der Waals surface area contributed by atoms with Crippen LogP contribution in [0.3, 0.4) is 0 Å². The molecule has 0 bridgehead atoms. The van der Waals surface area contributed by atoms with Gasteiger partial charge in [-0.05, 0) is 36.8 Å². The highest BCUT2D eigenvalue weighted by molar-refractivity contribution is 6.31. The molecule has 0 spiro atoms. The van der Waals surface area contributed by atoms with Gasteiger partial charge in [-0.2, -0.15) is 0 Å². The molecule has 0 atom stereocenters. The summed E-state index contributed by atoms with van der Waals surface area (Å²) < 4.78 is 2.50. The maximum Gasteiger partial charge on any atom is 0.140 e. The van der Waals surface area contributed by atoms with Crippen molar-refractivity contribution in [2.24, 2.45) is 5.92 Å². The first-order valence-electron chi connectivity index (χ1n) is 14.4. The molecule has 3 aromatic carbocycles. The predicted molar refractivity (Wildman–Crippen MR) is 160 cm³/mol. The fraction of sp³-hybridized carbons (Fsp3) is 0.382. The van der Waals surface area contributed by atoms with Crippen LogP contribution in [-0.2, 0) is 19.6 Å². The molecule has 1 aliphatic rings. The van der Waals surface area contributed by atoms with Crippen LogP contribution in [0.1, 0.15) is 63.1 Å². The van der Waals surface area contributed by atoms with Crippen LogP contribution in [0.15, 0.2) is 84.9 Å². The molecule has 1 aliphatic carbocycles. The van der Waals surface area contributed by atoms with Crippen LogP contribution in [0.4, 0.5) is 0 Å². The van der Waals surface area contributed by atoms with Gasteiger partial charge in [0.15, 0.2) is 0 Å². The zero-order valence-corrected chi connectivity index (χ0v) is 23.4. The molecule has 5 rings (SSSR count). The van der Waals surface area contributed by atoms with E-state index in [0.717, 1.165) is 61.5 Å². The fourth-order valence-corrected chi connectivity index (χ4v) is 6.03. The molecule has 38 heavy (non-hydrogen) atoms. The van der Waals surface area contributed by atoms with Gasteiger partial charge in [0.2, 0.25) is 0 Å². The van der Waals surface area contributed by atoms with Crippen molar-refractivity contribution in [1.82, 2.24) is 14.5 Å². The molecule has 1 aromatic heterocycles. The Morgan fingerprint density at radius 3 is 2.16 bits per heavy atom. The molecule has 198 valence electrons. The van der Waals surface area contributed by atoms with Crippen molar-refractivity contribution in [3.63, 3.8) is 0 Å². The van der Waals surface area contributed by atoms with E-state index in [-0.39, 0.29) is 0 Å². The highest BCUT2D eigenvalue weighted by Crippen LogP contribution is 2.33. The summed E-state index contributed by atoms with van der Waals surface area (Å²) in [5.41, 5.74) is 5.98. The van der Waals surface area contributed by atoms with E-state index in [1.807, 2.05) is 12.1 Å². The quantitative estimate of drug-likeness (QED) is 0.194. The lowest BCUT2D eigenvalue weighted by Crippen LogP contribution is -2.31. The Balaban J connectivity index is 1.58. The van der Waals surface area contributed by atoms with Gasteiger partial charge >= 0.3 is 0 Å². The van der Waals surface area contributed by atoms with Crippen LogP contribution >= 0.6 is 11.6 Å². The van der Waals surface area contributed by atoms with Crippen molar-refractivity contribution in [2.45, 2.75) is 71.5 Å². The number of hydrogen-bond donors (Lipinski definition) is 0. The molecule has 0 unspecified atom stereocenters. The number of aromatic nitrogens is 2. The highest BCUT2D eigenvalue weighted by Gasteiger charge is 2.24. The second-order valence-electron chi connectivity index (χ2n) is 10.7. The molecule has 1 heterocycles. The summed E-state index contributed by atoms with van der Waals surface area (Å²) in [6.45, 7) is 6.04. The minimum absolute atomic E-state index is 0.743. The Hall–Kier alpha value is -2.88. The van der Waals surface area contributed by atoms with Crippen LogP contribution in [0.5, 0.6) is 0 Å². The Bertz CT molecular complexity index is 1280. The molecule has 0 saturated heterocycles. The highest BCUT2D eigenvalue weighted by atomic mass is 35.5. The minimum atomic E-state index is 0.743. The van der Waals surface area contributed by atoms with Gasteiger partial charge in [-0.15, -0.1) is 0 Å². The van der Waals surface area contributed by atoms with E-state index in [1.165, 1.54) is 54.5 Å². The number of imidazole rings is 1. The van der Waals surface area contributed by atoms with Crippen LogP contribution < -0.4 is 0 Å². The molecule has 0 N–H and O–H groups in total. The van der Waals surface area contributed by atoms with E-state index in [9.17, 15) is 0 Å². The summed E-state index contributed by atoms with van der Waals surface area (Å²) in [6, 6.07) is 29.7. The molecular formula is C34H40ClN3. The molecule has 0 amide bonds. The zero-order chi connectivity index (χ0) is 26.2. The number of unbranched alkanes of at least 4 members (excludes halogenated alkanes) is 1. The smallest absolute Gasteiger partial charge is 0.140 e. The Labute approximate surface area is 233 Å². The summed E-state index contributed by atoms with van der Waals surface area (Å²) in [5.74, 6) is 1.82. The zero-order valence-electron chi connectivity index (χ0n) is 22.7.